The zero-order valence-electron chi connectivity index (χ0n) is 16.6. The lowest BCUT2D eigenvalue weighted by atomic mass is 9.95. The van der Waals surface area contributed by atoms with Crippen molar-refractivity contribution < 1.29 is 14.3 Å². The number of carbonyl (C=O) groups is 1. The maximum absolute atomic E-state index is 13.0. The molecule has 0 bridgehead atoms. The summed E-state index contributed by atoms with van der Waals surface area (Å²) in [4.78, 5) is 17.1. The SMILES string of the molecule is CCC(C(=O)N1CCN(c2ccc(OCCOC)nn2)CC1)c1ccccc1. The van der Waals surface area contributed by atoms with Crippen molar-refractivity contribution in [3.05, 3.63) is 48.0 Å². The first-order valence-corrected chi connectivity index (χ1v) is 9.77. The van der Waals surface area contributed by atoms with E-state index in [-0.39, 0.29) is 11.8 Å². The van der Waals surface area contributed by atoms with Gasteiger partial charge in [0.15, 0.2) is 5.82 Å². The fourth-order valence-electron chi connectivity index (χ4n) is 3.40. The van der Waals surface area contributed by atoms with Gasteiger partial charge in [-0.25, -0.2) is 0 Å². The van der Waals surface area contributed by atoms with E-state index in [4.69, 9.17) is 9.47 Å². The Hall–Kier alpha value is -2.67. The number of methoxy groups -OCH3 is 1. The van der Waals surface area contributed by atoms with Gasteiger partial charge in [-0.05, 0) is 18.1 Å². The lowest BCUT2D eigenvalue weighted by Crippen LogP contribution is -2.50. The zero-order valence-corrected chi connectivity index (χ0v) is 16.6. The molecule has 7 nitrogen and oxygen atoms in total. The van der Waals surface area contributed by atoms with E-state index in [1.165, 1.54) is 0 Å². The van der Waals surface area contributed by atoms with Crippen molar-refractivity contribution in [2.75, 3.05) is 51.4 Å². The van der Waals surface area contributed by atoms with Gasteiger partial charge in [-0.3, -0.25) is 4.79 Å². The second kappa shape index (κ2) is 10.0. The molecule has 28 heavy (non-hydrogen) atoms. The van der Waals surface area contributed by atoms with E-state index in [1.807, 2.05) is 47.4 Å². The summed E-state index contributed by atoms with van der Waals surface area (Å²) in [5.74, 6) is 1.43. The number of anilines is 1. The van der Waals surface area contributed by atoms with Gasteiger partial charge in [-0.15, -0.1) is 10.2 Å². The Kier molecular flexibility index (Phi) is 7.19. The molecule has 1 aromatic heterocycles. The quantitative estimate of drug-likeness (QED) is 0.651. The number of benzene rings is 1. The number of nitrogens with zero attached hydrogens (tertiary/aromatic N) is 4. The summed E-state index contributed by atoms with van der Waals surface area (Å²) in [6.07, 6.45) is 0.805. The molecule has 0 saturated carbocycles. The first-order valence-electron chi connectivity index (χ1n) is 9.77. The van der Waals surface area contributed by atoms with Crippen molar-refractivity contribution in [2.24, 2.45) is 0 Å². The van der Waals surface area contributed by atoms with Gasteiger partial charge in [0.1, 0.15) is 6.61 Å². The summed E-state index contributed by atoms with van der Waals surface area (Å²) in [6, 6.07) is 13.8. The highest BCUT2D eigenvalue weighted by molar-refractivity contribution is 5.84. The molecule has 1 amide bonds. The number of hydrogen-bond donors (Lipinski definition) is 0. The molecular weight excluding hydrogens is 356 g/mol. The summed E-state index contributed by atoms with van der Waals surface area (Å²) in [5.41, 5.74) is 1.09. The second-order valence-corrected chi connectivity index (χ2v) is 6.75. The van der Waals surface area contributed by atoms with Crippen molar-refractivity contribution in [1.29, 1.82) is 0 Å². The minimum atomic E-state index is -0.0731. The Bertz CT molecular complexity index is 731. The monoisotopic (exact) mass is 384 g/mol. The number of carbonyl (C=O) groups excluding carboxylic acids is 1. The number of aromatic nitrogens is 2. The summed E-state index contributed by atoms with van der Waals surface area (Å²) < 4.78 is 10.4. The minimum Gasteiger partial charge on any atom is -0.474 e. The molecule has 1 saturated heterocycles. The van der Waals surface area contributed by atoms with Crippen LogP contribution in [0, 0.1) is 0 Å². The largest absolute Gasteiger partial charge is 0.474 e. The highest BCUT2D eigenvalue weighted by atomic mass is 16.5. The molecule has 1 aliphatic heterocycles. The number of amides is 1. The highest BCUT2D eigenvalue weighted by Gasteiger charge is 2.27. The molecule has 3 rings (SSSR count). The third-order valence-electron chi connectivity index (χ3n) is 4.99. The minimum absolute atomic E-state index is 0.0731. The molecule has 7 heteroatoms. The lowest BCUT2D eigenvalue weighted by molar-refractivity contribution is -0.133. The van der Waals surface area contributed by atoms with E-state index in [0.717, 1.165) is 30.9 Å². The van der Waals surface area contributed by atoms with Crippen LogP contribution in [0.15, 0.2) is 42.5 Å². The molecule has 1 unspecified atom stereocenters. The molecule has 0 spiro atoms. The van der Waals surface area contributed by atoms with E-state index in [2.05, 4.69) is 22.0 Å². The molecule has 0 aliphatic carbocycles. The van der Waals surface area contributed by atoms with Gasteiger partial charge in [0, 0.05) is 39.4 Å². The molecule has 1 fully saturated rings. The Labute approximate surface area is 166 Å². The van der Waals surface area contributed by atoms with Crippen LogP contribution < -0.4 is 9.64 Å². The Balaban J connectivity index is 1.54. The average Bonchev–Trinajstić information content (AvgIpc) is 2.76. The average molecular weight is 384 g/mol. The van der Waals surface area contributed by atoms with Crippen LogP contribution in [0.25, 0.3) is 0 Å². The fourth-order valence-corrected chi connectivity index (χ4v) is 3.40. The van der Waals surface area contributed by atoms with E-state index in [1.54, 1.807) is 7.11 Å². The van der Waals surface area contributed by atoms with Gasteiger partial charge in [0.05, 0.1) is 12.5 Å². The van der Waals surface area contributed by atoms with Crippen LogP contribution in [-0.4, -0.2) is 67.5 Å². The van der Waals surface area contributed by atoms with Crippen LogP contribution in [0.4, 0.5) is 5.82 Å². The van der Waals surface area contributed by atoms with Crippen LogP contribution in [0.3, 0.4) is 0 Å². The highest BCUT2D eigenvalue weighted by Crippen LogP contribution is 2.23. The van der Waals surface area contributed by atoms with Crippen molar-refractivity contribution in [3.8, 4) is 5.88 Å². The van der Waals surface area contributed by atoms with Crippen molar-refractivity contribution >= 4 is 11.7 Å². The molecular formula is C21H28N4O3. The predicted octanol–water partition coefficient (Wildman–Crippen LogP) is 2.34. The summed E-state index contributed by atoms with van der Waals surface area (Å²) in [7, 11) is 1.63. The third kappa shape index (κ3) is 4.98. The van der Waals surface area contributed by atoms with Gasteiger partial charge in [-0.2, -0.15) is 0 Å². The van der Waals surface area contributed by atoms with E-state index in [9.17, 15) is 4.79 Å². The Morgan fingerprint density at radius 3 is 2.39 bits per heavy atom. The van der Waals surface area contributed by atoms with Crippen molar-refractivity contribution in [3.63, 3.8) is 0 Å². The van der Waals surface area contributed by atoms with Crippen LogP contribution in [-0.2, 0) is 9.53 Å². The van der Waals surface area contributed by atoms with Gasteiger partial charge in [-0.1, -0.05) is 37.3 Å². The number of hydrogen-bond acceptors (Lipinski definition) is 6. The smallest absolute Gasteiger partial charge is 0.233 e. The second-order valence-electron chi connectivity index (χ2n) is 6.75. The molecule has 1 aromatic carbocycles. The van der Waals surface area contributed by atoms with Crippen LogP contribution in [0.2, 0.25) is 0 Å². The molecule has 150 valence electrons. The fraction of sp³-hybridized carbons (Fsp3) is 0.476. The number of rotatable bonds is 8. The van der Waals surface area contributed by atoms with Gasteiger partial charge in [0.2, 0.25) is 11.8 Å². The summed E-state index contributed by atoms with van der Waals surface area (Å²) >= 11 is 0. The van der Waals surface area contributed by atoms with Gasteiger partial charge in [0.25, 0.3) is 0 Å². The van der Waals surface area contributed by atoms with Crippen LogP contribution in [0.1, 0.15) is 24.8 Å². The van der Waals surface area contributed by atoms with Crippen LogP contribution in [0.5, 0.6) is 5.88 Å². The van der Waals surface area contributed by atoms with Gasteiger partial charge < -0.3 is 19.3 Å². The normalized spacial score (nSPS) is 15.4. The van der Waals surface area contributed by atoms with Gasteiger partial charge >= 0.3 is 0 Å². The van der Waals surface area contributed by atoms with E-state index < -0.39 is 0 Å². The predicted molar refractivity (Wildman–Crippen MR) is 108 cm³/mol. The van der Waals surface area contributed by atoms with Crippen molar-refractivity contribution in [1.82, 2.24) is 15.1 Å². The first kappa shape index (κ1) is 20.1. The van der Waals surface area contributed by atoms with Crippen molar-refractivity contribution in [2.45, 2.75) is 19.3 Å². The molecule has 2 heterocycles. The number of piperazine rings is 1. The summed E-state index contributed by atoms with van der Waals surface area (Å²) in [6.45, 7) is 5.90. The maximum Gasteiger partial charge on any atom is 0.233 e. The first-order chi connectivity index (χ1) is 13.7. The molecule has 0 radical (unpaired) electrons. The molecule has 1 aliphatic rings. The third-order valence-corrected chi connectivity index (χ3v) is 4.99. The Morgan fingerprint density at radius 1 is 1.04 bits per heavy atom. The lowest BCUT2D eigenvalue weighted by Gasteiger charge is -2.36. The topological polar surface area (TPSA) is 67.8 Å². The summed E-state index contributed by atoms with van der Waals surface area (Å²) in [5, 5.41) is 8.37. The molecule has 2 aromatic rings. The molecule has 1 atom stereocenters. The van der Waals surface area contributed by atoms with E-state index in [0.29, 0.717) is 32.2 Å². The van der Waals surface area contributed by atoms with E-state index >= 15 is 0 Å². The number of ether oxygens (including phenoxy) is 2. The Morgan fingerprint density at radius 2 is 1.79 bits per heavy atom. The maximum atomic E-state index is 13.0. The molecule has 0 N–H and O–H groups in total. The zero-order chi connectivity index (χ0) is 19.8. The van der Waals surface area contributed by atoms with Crippen LogP contribution >= 0.6 is 0 Å². The standard InChI is InChI=1S/C21H28N4O3/c1-3-18(17-7-5-4-6-8-17)21(26)25-13-11-24(12-14-25)19-9-10-20(23-22-19)28-16-15-27-2/h4-10,18H,3,11-16H2,1-2H3.